The van der Waals surface area contributed by atoms with Crippen LogP contribution in [0, 0.1) is 5.92 Å². The molecule has 34 heavy (non-hydrogen) atoms. The lowest BCUT2D eigenvalue weighted by molar-refractivity contribution is -0.139. The Morgan fingerprint density at radius 1 is 0.912 bits per heavy atom. The van der Waals surface area contributed by atoms with Crippen molar-refractivity contribution in [3.63, 3.8) is 0 Å². The Balaban J connectivity index is 1.21. The molecule has 1 saturated carbocycles. The van der Waals surface area contributed by atoms with Gasteiger partial charge in [0.15, 0.2) is 0 Å². The molecular formula is C28H27NO5. The molecule has 2 aliphatic carbocycles. The van der Waals surface area contributed by atoms with E-state index in [1.165, 1.54) is 12.8 Å². The number of carboxylic acids is 1. The molecule has 3 aromatic rings. The topological polar surface area (TPSA) is 84.9 Å². The van der Waals surface area contributed by atoms with Crippen LogP contribution in [0.5, 0.6) is 5.75 Å². The van der Waals surface area contributed by atoms with Crippen LogP contribution in [-0.2, 0) is 16.0 Å². The fourth-order valence-corrected chi connectivity index (χ4v) is 4.48. The molecule has 0 aliphatic heterocycles. The zero-order valence-electron chi connectivity index (χ0n) is 18.8. The van der Waals surface area contributed by atoms with E-state index in [0.717, 1.165) is 33.6 Å². The predicted octanol–water partition coefficient (Wildman–Crippen LogP) is 5.01. The van der Waals surface area contributed by atoms with Gasteiger partial charge in [-0.1, -0.05) is 60.7 Å². The predicted molar refractivity (Wildman–Crippen MR) is 128 cm³/mol. The zero-order chi connectivity index (χ0) is 23.5. The summed E-state index contributed by atoms with van der Waals surface area (Å²) in [7, 11) is 0. The van der Waals surface area contributed by atoms with Crippen LogP contribution in [0.15, 0.2) is 72.8 Å². The summed E-state index contributed by atoms with van der Waals surface area (Å²) in [4.78, 5) is 24.4. The smallest absolute Gasteiger partial charge is 0.407 e. The van der Waals surface area contributed by atoms with Gasteiger partial charge in [-0.15, -0.1) is 0 Å². The summed E-state index contributed by atoms with van der Waals surface area (Å²) in [6.45, 7) is 0.820. The van der Waals surface area contributed by atoms with Crippen molar-refractivity contribution in [2.24, 2.45) is 5.92 Å². The quantitative estimate of drug-likeness (QED) is 0.472. The second kappa shape index (κ2) is 9.59. The molecule has 1 fully saturated rings. The number of rotatable bonds is 9. The normalized spacial score (nSPS) is 15.2. The molecule has 0 radical (unpaired) electrons. The Kier molecular flexibility index (Phi) is 6.21. The third kappa shape index (κ3) is 4.91. The molecule has 6 heteroatoms. The second-order valence-electron chi connectivity index (χ2n) is 8.97. The maximum Gasteiger partial charge on any atom is 0.407 e. The van der Waals surface area contributed by atoms with Crippen molar-refractivity contribution in [2.45, 2.75) is 31.2 Å². The van der Waals surface area contributed by atoms with Gasteiger partial charge >= 0.3 is 12.1 Å². The molecule has 0 saturated heterocycles. The average molecular weight is 458 g/mol. The highest BCUT2D eigenvalue weighted by atomic mass is 16.5. The Bertz CT molecular complexity index is 1160. The number of amides is 1. The number of carbonyl (C=O) groups is 2. The molecule has 2 aliphatic rings. The molecule has 0 heterocycles. The average Bonchev–Trinajstić information content (AvgIpc) is 3.63. The summed E-state index contributed by atoms with van der Waals surface area (Å²) < 4.78 is 11.3. The van der Waals surface area contributed by atoms with E-state index in [1.54, 1.807) is 0 Å². The third-order valence-electron chi connectivity index (χ3n) is 6.45. The van der Waals surface area contributed by atoms with Crippen molar-refractivity contribution in [3.05, 3.63) is 89.5 Å². The molecule has 0 bridgehead atoms. The molecule has 0 spiro atoms. The van der Waals surface area contributed by atoms with Gasteiger partial charge in [0.25, 0.3) is 0 Å². The van der Waals surface area contributed by atoms with Crippen molar-refractivity contribution in [3.8, 4) is 16.9 Å². The lowest BCUT2D eigenvalue weighted by Gasteiger charge is -2.18. The van der Waals surface area contributed by atoms with Crippen molar-refractivity contribution in [1.82, 2.24) is 5.32 Å². The number of hydrogen-bond donors (Lipinski definition) is 2. The molecule has 0 aromatic heterocycles. The monoisotopic (exact) mass is 457 g/mol. The van der Waals surface area contributed by atoms with Gasteiger partial charge in [-0.2, -0.15) is 0 Å². The fourth-order valence-electron chi connectivity index (χ4n) is 4.48. The van der Waals surface area contributed by atoms with Crippen LogP contribution in [0.25, 0.3) is 11.1 Å². The molecule has 1 atom stereocenters. The van der Waals surface area contributed by atoms with E-state index < -0.39 is 18.1 Å². The molecular weight excluding hydrogens is 430 g/mol. The van der Waals surface area contributed by atoms with Crippen LogP contribution in [0.3, 0.4) is 0 Å². The van der Waals surface area contributed by atoms with E-state index in [2.05, 4.69) is 17.4 Å². The van der Waals surface area contributed by atoms with E-state index in [9.17, 15) is 14.7 Å². The number of ether oxygens (including phenoxy) is 2. The highest BCUT2D eigenvalue weighted by molar-refractivity contribution is 5.81. The van der Waals surface area contributed by atoms with Gasteiger partial charge in [-0.3, -0.25) is 0 Å². The van der Waals surface area contributed by atoms with E-state index >= 15 is 0 Å². The van der Waals surface area contributed by atoms with Gasteiger partial charge in [-0.05, 0) is 58.7 Å². The molecule has 1 unspecified atom stereocenters. The zero-order valence-corrected chi connectivity index (χ0v) is 18.8. The van der Waals surface area contributed by atoms with Crippen LogP contribution in [0.4, 0.5) is 4.79 Å². The largest absolute Gasteiger partial charge is 0.493 e. The van der Waals surface area contributed by atoms with Crippen molar-refractivity contribution >= 4 is 12.1 Å². The maximum atomic E-state index is 12.6. The minimum absolute atomic E-state index is 0.0817. The number of alkyl carbamates (subject to hydrolysis) is 1. The SMILES string of the molecule is O=C(NC(Cc1cccc(OCC2CC2)c1)C(=O)O)OCC1c2ccccc2-c2ccccc21. The van der Waals surface area contributed by atoms with Crippen molar-refractivity contribution in [2.75, 3.05) is 13.2 Å². The van der Waals surface area contributed by atoms with Gasteiger partial charge in [0.05, 0.1) is 6.61 Å². The minimum Gasteiger partial charge on any atom is -0.493 e. The first kappa shape index (κ1) is 22.0. The summed E-state index contributed by atoms with van der Waals surface area (Å²) in [5.41, 5.74) is 5.27. The van der Waals surface area contributed by atoms with Crippen LogP contribution in [0.1, 0.15) is 35.4 Å². The van der Waals surface area contributed by atoms with Gasteiger partial charge in [0.2, 0.25) is 0 Å². The summed E-state index contributed by atoms with van der Waals surface area (Å²) in [6.07, 6.45) is 1.80. The molecule has 6 nitrogen and oxygen atoms in total. The summed E-state index contributed by atoms with van der Waals surface area (Å²) >= 11 is 0. The molecule has 174 valence electrons. The van der Waals surface area contributed by atoms with Crippen molar-refractivity contribution in [1.29, 1.82) is 0 Å². The van der Waals surface area contributed by atoms with E-state index in [4.69, 9.17) is 9.47 Å². The van der Waals surface area contributed by atoms with Crippen LogP contribution in [0.2, 0.25) is 0 Å². The Morgan fingerprint density at radius 3 is 2.24 bits per heavy atom. The maximum absolute atomic E-state index is 12.6. The number of nitrogens with one attached hydrogen (secondary N) is 1. The fraction of sp³-hybridized carbons (Fsp3) is 0.286. The van der Waals surface area contributed by atoms with Gasteiger partial charge in [-0.25, -0.2) is 9.59 Å². The van der Waals surface area contributed by atoms with Crippen molar-refractivity contribution < 1.29 is 24.2 Å². The van der Waals surface area contributed by atoms with Gasteiger partial charge in [0.1, 0.15) is 18.4 Å². The molecule has 2 N–H and O–H groups in total. The Morgan fingerprint density at radius 2 is 1.59 bits per heavy atom. The molecule has 3 aromatic carbocycles. The third-order valence-corrected chi connectivity index (χ3v) is 6.45. The summed E-state index contributed by atoms with van der Waals surface area (Å²) in [5, 5.41) is 12.2. The second-order valence-corrected chi connectivity index (χ2v) is 8.97. The van der Waals surface area contributed by atoms with Gasteiger partial charge < -0.3 is 19.9 Å². The number of hydrogen-bond acceptors (Lipinski definition) is 4. The number of carboxylic acid groups (broad SMARTS) is 1. The standard InChI is InChI=1S/C28H27NO5/c30-27(31)26(15-19-6-5-7-20(14-19)33-16-18-12-13-18)29-28(32)34-17-25-23-10-3-1-8-21(23)22-9-2-4-11-24(22)25/h1-11,14,18,25-26H,12-13,15-17H2,(H,29,32)(H,30,31). The van der Waals surface area contributed by atoms with Crippen LogP contribution < -0.4 is 10.1 Å². The number of aliphatic carboxylic acids is 1. The lowest BCUT2D eigenvalue weighted by atomic mass is 9.98. The highest BCUT2D eigenvalue weighted by Crippen LogP contribution is 2.44. The number of carbonyl (C=O) groups excluding carboxylic acids is 1. The van der Waals surface area contributed by atoms with Crippen LogP contribution in [-0.4, -0.2) is 36.4 Å². The minimum atomic E-state index is -1.11. The summed E-state index contributed by atoms with van der Waals surface area (Å²) in [6, 6.07) is 22.4. The first-order valence-electron chi connectivity index (χ1n) is 11.6. The summed E-state index contributed by atoms with van der Waals surface area (Å²) in [5.74, 6) is 0.153. The number of fused-ring (bicyclic) bond motifs is 3. The number of benzene rings is 3. The first-order chi connectivity index (χ1) is 16.6. The van der Waals surface area contributed by atoms with Crippen LogP contribution >= 0.6 is 0 Å². The molecule has 5 rings (SSSR count). The van der Waals surface area contributed by atoms with Gasteiger partial charge in [0, 0.05) is 12.3 Å². The molecule has 1 amide bonds. The van der Waals surface area contributed by atoms with E-state index in [-0.39, 0.29) is 18.9 Å². The lowest BCUT2D eigenvalue weighted by Crippen LogP contribution is -2.42. The van der Waals surface area contributed by atoms with E-state index in [1.807, 2.05) is 60.7 Å². The Hall–Kier alpha value is -3.80. The Labute approximate surface area is 198 Å². The highest BCUT2D eigenvalue weighted by Gasteiger charge is 2.30. The van der Waals surface area contributed by atoms with E-state index in [0.29, 0.717) is 12.5 Å². The first-order valence-corrected chi connectivity index (χ1v) is 11.6.